The minimum atomic E-state index is -3.32. The van der Waals surface area contributed by atoms with Gasteiger partial charge in [-0.1, -0.05) is 6.92 Å². The van der Waals surface area contributed by atoms with Crippen molar-refractivity contribution in [2.75, 3.05) is 25.9 Å². The van der Waals surface area contributed by atoms with Crippen molar-refractivity contribution in [3.8, 4) is 0 Å². The second kappa shape index (κ2) is 5.17. The van der Waals surface area contributed by atoms with Crippen LogP contribution in [0.4, 0.5) is 0 Å². The van der Waals surface area contributed by atoms with E-state index in [2.05, 4.69) is 10.2 Å². The van der Waals surface area contributed by atoms with Crippen molar-refractivity contribution < 1.29 is 13.2 Å². The van der Waals surface area contributed by atoms with Crippen LogP contribution in [0.25, 0.3) is 0 Å². The van der Waals surface area contributed by atoms with Crippen LogP contribution in [0, 0.1) is 0 Å². The van der Waals surface area contributed by atoms with Crippen LogP contribution in [-0.2, 0) is 20.0 Å². The van der Waals surface area contributed by atoms with Crippen molar-refractivity contribution in [2.24, 2.45) is 5.73 Å². The molecule has 1 atom stereocenters. The number of aromatic nitrogens is 2. The molecule has 3 N–H and O–H groups in total. The second-order valence-corrected chi connectivity index (χ2v) is 7.71. The van der Waals surface area contributed by atoms with Gasteiger partial charge in [-0.05, 0) is 19.4 Å². The van der Waals surface area contributed by atoms with E-state index >= 15 is 0 Å². The molecule has 0 saturated carbocycles. The molecule has 1 aromatic rings. The van der Waals surface area contributed by atoms with Gasteiger partial charge in [0.15, 0.2) is 9.84 Å². The van der Waals surface area contributed by atoms with E-state index in [1.807, 2.05) is 11.8 Å². The van der Waals surface area contributed by atoms with E-state index in [-0.39, 0.29) is 22.8 Å². The van der Waals surface area contributed by atoms with E-state index in [0.717, 1.165) is 19.4 Å². The minimum Gasteiger partial charge on any atom is -0.369 e. The summed E-state index contributed by atoms with van der Waals surface area (Å²) in [6, 6.07) is 0. The third kappa shape index (κ3) is 3.01. The monoisotopic (exact) mass is 300 g/mol. The van der Waals surface area contributed by atoms with Crippen molar-refractivity contribution >= 4 is 15.7 Å². The molecule has 1 aliphatic heterocycles. The van der Waals surface area contributed by atoms with E-state index in [4.69, 9.17) is 5.73 Å². The first-order chi connectivity index (χ1) is 9.22. The number of hydrogen-bond donors (Lipinski definition) is 2. The van der Waals surface area contributed by atoms with Crippen LogP contribution >= 0.6 is 0 Å². The maximum Gasteiger partial charge on any atom is 0.231 e. The number of H-pyrrole nitrogens is 1. The molecule has 0 bridgehead atoms. The Kier molecular flexibility index (Phi) is 3.88. The van der Waals surface area contributed by atoms with E-state index in [9.17, 15) is 13.2 Å². The van der Waals surface area contributed by atoms with Gasteiger partial charge in [0.05, 0.1) is 18.4 Å². The summed E-state index contributed by atoms with van der Waals surface area (Å²) in [6.45, 7) is 3.56. The van der Waals surface area contributed by atoms with Crippen LogP contribution in [0.3, 0.4) is 0 Å². The second-order valence-electron chi connectivity index (χ2n) is 5.72. The average Bonchev–Trinajstić information content (AvgIpc) is 2.76. The molecule has 1 aliphatic rings. The van der Waals surface area contributed by atoms with Gasteiger partial charge in [0.25, 0.3) is 0 Å². The predicted octanol–water partition coefficient (Wildman–Crippen LogP) is -0.348. The fourth-order valence-corrected chi connectivity index (χ4v) is 3.80. The van der Waals surface area contributed by atoms with Crippen LogP contribution in [-0.4, -0.2) is 55.3 Å². The van der Waals surface area contributed by atoms with Gasteiger partial charge in [-0.25, -0.2) is 8.42 Å². The fraction of sp³-hybridized carbons (Fsp3) is 0.667. The van der Waals surface area contributed by atoms with Crippen LogP contribution in [0.5, 0.6) is 0 Å². The quantitative estimate of drug-likeness (QED) is 0.790. The summed E-state index contributed by atoms with van der Waals surface area (Å²) in [6.07, 6.45) is 4.25. The minimum absolute atomic E-state index is 0.192. The average molecular weight is 300 g/mol. The molecular weight excluding hydrogens is 280 g/mol. The zero-order valence-corrected chi connectivity index (χ0v) is 12.5. The first-order valence-electron chi connectivity index (χ1n) is 6.47. The smallest absolute Gasteiger partial charge is 0.231 e. The number of sulfone groups is 1. The Labute approximate surface area is 118 Å². The molecule has 0 aliphatic carbocycles. The fourth-order valence-electron chi connectivity index (χ4n) is 2.89. The Morgan fingerprint density at radius 3 is 2.90 bits per heavy atom. The van der Waals surface area contributed by atoms with Crippen LogP contribution in [0.2, 0.25) is 0 Å². The van der Waals surface area contributed by atoms with Gasteiger partial charge in [0.2, 0.25) is 5.91 Å². The third-order valence-corrected chi connectivity index (χ3v) is 4.87. The molecule has 112 valence electrons. The molecule has 0 aromatic carbocycles. The molecule has 20 heavy (non-hydrogen) atoms. The number of hydrogen-bond acceptors (Lipinski definition) is 5. The summed E-state index contributed by atoms with van der Waals surface area (Å²) in [5.41, 5.74) is 5.48. The number of nitrogens with two attached hydrogens (primary N) is 1. The Bertz CT molecular complexity index is 610. The molecule has 2 rings (SSSR count). The highest BCUT2D eigenvalue weighted by Gasteiger charge is 2.37. The topological polar surface area (TPSA) is 109 Å². The first kappa shape index (κ1) is 15.0. The molecule has 1 saturated heterocycles. The molecule has 1 fully saturated rings. The Morgan fingerprint density at radius 1 is 1.60 bits per heavy atom. The first-order valence-corrected chi connectivity index (χ1v) is 8.36. The van der Waals surface area contributed by atoms with Gasteiger partial charge in [-0.2, -0.15) is 5.10 Å². The van der Waals surface area contributed by atoms with Gasteiger partial charge < -0.3 is 5.73 Å². The number of primary amides is 1. The number of carbonyl (C=O) groups is 1. The molecule has 1 amide bonds. The lowest BCUT2D eigenvalue weighted by atomic mass is 9.79. The number of aromatic amines is 1. The maximum atomic E-state index is 11.8. The zero-order valence-electron chi connectivity index (χ0n) is 11.7. The number of carbonyl (C=O) groups excluding carboxylic acids is 1. The van der Waals surface area contributed by atoms with Gasteiger partial charge in [-0.15, -0.1) is 0 Å². The van der Waals surface area contributed by atoms with Gasteiger partial charge in [0, 0.05) is 18.2 Å². The van der Waals surface area contributed by atoms with Crippen molar-refractivity contribution in [3.63, 3.8) is 0 Å². The summed E-state index contributed by atoms with van der Waals surface area (Å²) >= 11 is 0. The Morgan fingerprint density at radius 2 is 2.30 bits per heavy atom. The zero-order chi connectivity index (χ0) is 15.0. The predicted molar refractivity (Wildman–Crippen MR) is 73.9 cm³/mol. The molecule has 8 heteroatoms. The maximum absolute atomic E-state index is 11.8. The largest absolute Gasteiger partial charge is 0.369 e. The lowest BCUT2D eigenvalue weighted by Gasteiger charge is -2.39. The van der Waals surface area contributed by atoms with Gasteiger partial charge in [-0.3, -0.25) is 14.8 Å². The summed E-state index contributed by atoms with van der Waals surface area (Å²) in [4.78, 5) is 13.2. The third-order valence-electron chi connectivity index (χ3n) is 3.76. The number of piperidine rings is 1. The van der Waals surface area contributed by atoms with E-state index in [1.165, 1.54) is 12.5 Å². The van der Waals surface area contributed by atoms with Crippen molar-refractivity contribution in [1.29, 1.82) is 0 Å². The van der Waals surface area contributed by atoms with Crippen LogP contribution < -0.4 is 5.73 Å². The number of likely N-dealkylation sites (tertiary alicyclic amines) is 1. The summed E-state index contributed by atoms with van der Waals surface area (Å²) in [7, 11) is -3.32. The molecule has 1 aromatic heterocycles. The SMILES string of the molecule is C[C@]1(c2[nH]ncc2S(C)(=O)=O)CCCN(CC(N)=O)C1. The number of nitrogens with zero attached hydrogens (tertiary/aromatic N) is 2. The molecule has 0 unspecified atom stereocenters. The standard InChI is InChI=1S/C12H20N4O3S/c1-12(4-3-5-16(8-12)7-10(13)17)11-9(6-14-15-11)20(2,18)19/h6H,3-5,7-8H2,1-2H3,(H2,13,17)(H,14,15)/t12-/m0/s1. The van der Waals surface area contributed by atoms with Crippen molar-refractivity contribution in [1.82, 2.24) is 15.1 Å². The highest BCUT2D eigenvalue weighted by molar-refractivity contribution is 7.90. The number of amides is 1. The van der Waals surface area contributed by atoms with Crippen molar-refractivity contribution in [3.05, 3.63) is 11.9 Å². The van der Waals surface area contributed by atoms with E-state index in [1.54, 1.807) is 0 Å². The van der Waals surface area contributed by atoms with Gasteiger partial charge in [0.1, 0.15) is 4.90 Å². The number of rotatable bonds is 4. The highest BCUT2D eigenvalue weighted by atomic mass is 32.2. The summed E-state index contributed by atoms with van der Waals surface area (Å²) in [5.74, 6) is -0.373. The molecule has 0 spiro atoms. The highest BCUT2D eigenvalue weighted by Crippen LogP contribution is 2.35. The normalized spacial score (nSPS) is 24.7. The van der Waals surface area contributed by atoms with Crippen LogP contribution in [0.1, 0.15) is 25.5 Å². The van der Waals surface area contributed by atoms with E-state index in [0.29, 0.717) is 12.2 Å². The molecule has 7 nitrogen and oxygen atoms in total. The summed E-state index contributed by atoms with van der Waals surface area (Å²) < 4.78 is 23.6. The number of nitrogens with one attached hydrogen (secondary N) is 1. The van der Waals surface area contributed by atoms with E-state index < -0.39 is 9.84 Å². The Balaban J connectivity index is 2.31. The lowest BCUT2D eigenvalue weighted by Crippen LogP contribution is -2.47. The van der Waals surface area contributed by atoms with Crippen molar-refractivity contribution in [2.45, 2.75) is 30.1 Å². The summed E-state index contributed by atoms with van der Waals surface area (Å²) in [5, 5.41) is 6.71. The van der Waals surface area contributed by atoms with Crippen LogP contribution in [0.15, 0.2) is 11.1 Å². The molecule has 2 heterocycles. The molecule has 0 radical (unpaired) electrons. The van der Waals surface area contributed by atoms with Gasteiger partial charge >= 0.3 is 0 Å². The Hall–Kier alpha value is -1.41. The lowest BCUT2D eigenvalue weighted by molar-refractivity contribution is -0.119. The molecular formula is C12H20N4O3S.